The summed E-state index contributed by atoms with van der Waals surface area (Å²) < 4.78 is 1.81. The second kappa shape index (κ2) is 11.1. The van der Waals surface area contributed by atoms with Crippen molar-refractivity contribution in [2.45, 2.75) is 17.8 Å². The van der Waals surface area contributed by atoms with Crippen LogP contribution < -0.4 is 5.32 Å². The lowest BCUT2D eigenvalue weighted by atomic mass is 10.1. The van der Waals surface area contributed by atoms with Crippen LogP contribution in [-0.4, -0.2) is 38.7 Å². The van der Waals surface area contributed by atoms with Crippen molar-refractivity contribution >= 4 is 41.0 Å². The monoisotopic (exact) mass is 457 g/mol. The topological polar surface area (TPSA) is 83.6 Å². The number of aromatic nitrogens is 3. The Balaban J connectivity index is 1.42. The number of thioether (sulfide) groups is 2. The third kappa shape index (κ3) is 6.02. The van der Waals surface area contributed by atoms with Crippen LogP contribution in [0.5, 0.6) is 0 Å². The fraction of sp³-hybridized carbons (Fsp3) is 0.238. The number of nitrogens with one attached hydrogen (secondary N) is 1. The Hall–Kier alpha value is -2.47. The zero-order valence-electron chi connectivity index (χ0n) is 16.3. The van der Waals surface area contributed by atoms with Crippen molar-refractivity contribution in [3.8, 4) is 11.8 Å². The van der Waals surface area contributed by atoms with Gasteiger partial charge in [-0.05, 0) is 36.2 Å². The van der Waals surface area contributed by atoms with Gasteiger partial charge in [-0.25, -0.2) is 0 Å². The Morgan fingerprint density at radius 2 is 2.13 bits per heavy atom. The van der Waals surface area contributed by atoms with Crippen LogP contribution in [0.4, 0.5) is 0 Å². The molecule has 3 rings (SSSR count). The van der Waals surface area contributed by atoms with E-state index in [2.05, 4.69) is 21.6 Å². The fourth-order valence-electron chi connectivity index (χ4n) is 2.61. The van der Waals surface area contributed by atoms with E-state index in [0.29, 0.717) is 22.3 Å². The molecule has 3 aromatic rings. The number of carbonyl (C=O) groups is 1. The molecule has 0 bridgehead atoms. The van der Waals surface area contributed by atoms with Crippen LogP contribution in [0.3, 0.4) is 0 Å². The molecule has 9 heteroatoms. The summed E-state index contributed by atoms with van der Waals surface area (Å²) in [6.07, 6.45) is 1.61. The van der Waals surface area contributed by atoms with Crippen LogP contribution in [-0.2, 0) is 10.5 Å². The van der Waals surface area contributed by atoms with Crippen molar-refractivity contribution in [2.24, 2.45) is 0 Å². The number of halogens is 1. The Bertz CT molecular complexity index is 1060. The molecule has 0 spiro atoms. The maximum Gasteiger partial charge on any atom is 0.230 e. The van der Waals surface area contributed by atoms with Crippen molar-refractivity contribution in [1.29, 1.82) is 5.26 Å². The second-order valence-corrected chi connectivity index (χ2v) is 8.83. The van der Waals surface area contributed by atoms with Gasteiger partial charge >= 0.3 is 0 Å². The van der Waals surface area contributed by atoms with Crippen molar-refractivity contribution in [2.75, 3.05) is 18.1 Å². The molecule has 0 radical (unpaired) electrons. The SMILES string of the molecule is Cc1ccc(-n2cnnc2SCC(=O)NCCSCc2ccccc2C#N)cc1Cl. The normalized spacial score (nSPS) is 10.6. The molecule has 2 aromatic carbocycles. The van der Waals surface area contributed by atoms with E-state index in [1.165, 1.54) is 11.8 Å². The van der Waals surface area contributed by atoms with Crippen LogP contribution in [0.2, 0.25) is 5.02 Å². The van der Waals surface area contributed by atoms with Gasteiger partial charge in [0.15, 0.2) is 5.16 Å². The summed E-state index contributed by atoms with van der Waals surface area (Å²) in [7, 11) is 0. The molecule has 30 heavy (non-hydrogen) atoms. The lowest BCUT2D eigenvalue weighted by Crippen LogP contribution is -2.27. The van der Waals surface area contributed by atoms with E-state index in [-0.39, 0.29) is 11.7 Å². The second-order valence-electron chi connectivity index (χ2n) is 6.38. The van der Waals surface area contributed by atoms with E-state index in [9.17, 15) is 4.79 Å². The molecule has 1 N–H and O–H groups in total. The summed E-state index contributed by atoms with van der Waals surface area (Å²) in [4.78, 5) is 12.2. The average Bonchev–Trinajstić information content (AvgIpc) is 3.23. The van der Waals surface area contributed by atoms with Crippen LogP contribution in [0.15, 0.2) is 53.9 Å². The molecule has 0 atom stereocenters. The van der Waals surface area contributed by atoms with E-state index < -0.39 is 0 Å². The number of hydrogen-bond acceptors (Lipinski definition) is 6. The molecular formula is C21H20ClN5OS2. The van der Waals surface area contributed by atoms with E-state index in [1.807, 2.05) is 54.0 Å². The van der Waals surface area contributed by atoms with Gasteiger partial charge in [-0.1, -0.05) is 47.6 Å². The summed E-state index contributed by atoms with van der Waals surface area (Å²) in [5.41, 5.74) is 3.57. The number of carbonyl (C=O) groups excluding carboxylic acids is 1. The van der Waals surface area contributed by atoms with Crippen LogP contribution >= 0.6 is 35.1 Å². The minimum atomic E-state index is -0.0606. The quantitative estimate of drug-likeness (QED) is 0.382. The van der Waals surface area contributed by atoms with Crippen molar-refractivity contribution in [1.82, 2.24) is 20.1 Å². The largest absolute Gasteiger partial charge is 0.355 e. The molecule has 0 aliphatic heterocycles. The van der Waals surface area contributed by atoms with Gasteiger partial charge in [-0.2, -0.15) is 17.0 Å². The van der Waals surface area contributed by atoms with Crippen LogP contribution in [0, 0.1) is 18.3 Å². The van der Waals surface area contributed by atoms with Gasteiger partial charge < -0.3 is 5.32 Å². The lowest BCUT2D eigenvalue weighted by Gasteiger charge is -2.08. The fourth-order valence-corrected chi connectivity index (χ4v) is 4.41. The molecule has 0 fully saturated rings. The zero-order chi connectivity index (χ0) is 21.3. The van der Waals surface area contributed by atoms with Crippen molar-refractivity contribution in [3.63, 3.8) is 0 Å². The Labute approximate surface area is 189 Å². The predicted molar refractivity (Wildman–Crippen MR) is 122 cm³/mol. The number of nitriles is 1. The first kappa shape index (κ1) is 22.2. The van der Waals surface area contributed by atoms with E-state index >= 15 is 0 Å². The van der Waals surface area contributed by atoms with Gasteiger partial charge in [0.1, 0.15) is 6.33 Å². The van der Waals surface area contributed by atoms with Gasteiger partial charge in [0, 0.05) is 23.1 Å². The zero-order valence-corrected chi connectivity index (χ0v) is 18.7. The van der Waals surface area contributed by atoms with Crippen molar-refractivity contribution < 1.29 is 4.79 Å². The molecule has 0 unspecified atom stereocenters. The lowest BCUT2D eigenvalue weighted by molar-refractivity contribution is -0.118. The molecule has 0 saturated heterocycles. The number of benzene rings is 2. The number of amides is 1. The molecule has 154 valence electrons. The summed E-state index contributed by atoms with van der Waals surface area (Å²) in [6.45, 7) is 2.51. The number of aryl methyl sites for hydroxylation is 1. The molecule has 0 saturated carbocycles. The average molecular weight is 458 g/mol. The van der Waals surface area contributed by atoms with Crippen LogP contribution in [0.1, 0.15) is 16.7 Å². The predicted octanol–water partition coefficient (Wildman–Crippen LogP) is 4.24. The van der Waals surface area contributed by atoms with Gasteiger partial charge in [-0.3, -0.25) is 9.36 Å². The summed E-state index contributed by atoms with van der Waals surface area (Å²) in [5.74, 6) is 1.71. The smallest absolute Gasteiger partial charge is 0.230 e. The third-order valence-corrected chi connectivity index (χ3v) is 6.60. The third-order valence-electron chi connectivity index (χ3n) is 4.25. The minimum Gasteiger partial charge on any atom is -0.355 e. The first-order valence-corrected chi connectivity index (χ1v) is 11.7. The highest BCUT2D eigenvalue weighted by atomic mass is 35.5. The molecular weight excluding hydrogens is 438 g/mol. The van der Waals surface area contributed by atoms with E-state index in [0.717, 1.165) is 28.3 Å². The first-order valence-electron chi connectivity index (χ1n) is 9.20. The highest BCUT2D eigenvalue weighted by Crippen LogP contribution is 2.23. The van der Waals surface area contributed by atoms with Gasteiger partial charge in [0.2, 0.25) is 5.91 Å². The molecule has 1 aromatic heterocycles. The maximum absolute atomic E-state index is 12.2. The summed E-state index contributed by atoms with van der Waals surface area (Å²) >= 11 is 9.21. The Morgan fingerprint density at radius 3 is 2.93 bits per heavy atom. The highest BCUT2D eigenvalue weighted by molar-refractivity contribution is 7.99. The Kier molecular flexibility index (Phi) is 8.20. The summed E-state index contributed by atoms with van der Waals surface area (Å²) in [5, 5.41) is 21.4. The van der Waals surface area contributed by atoms with Crippen molar-refractivity contribution in [3.05, 3.63) is 70.5 Å². The molecule has 0 aliphatic rings. The highest BCUT2D eigenvalue weighted by Gasteiger charge is 2.11. The van der Waals surface area contributed by atoms with Gasteiger partial charge in [0.25, 0.3) is 0 Å². The van der Waals surface area contributed by atoms with Crippen LogP contribution in [0.25, 0.3) is 5.69 Å². The maximum atomic E-state index is 12.2. The van der Waals surface area contributed by atoms with Gasteiger partial charge in [0.05, 0.1) is 23.1 Å². The van der Waals surface area contributed by atoms with E-state index in [1.54, 1.807) is 18.1 Å². The molecule has 0 aliphatic carbocycles. The van der Waals surface area contributed by atoms with Gasteiger partial charge in [-0.15, -0.1) is 10.2 Å². The summed E-state index contributed by atoms with van der Waals surface area (Å²) in [6, 6.07) is 15.5. The molecule has 1 amide bonds. The minimum absolute atomic E-state index is 0.0606. The number of rotatable bonds is 9. The first-order chi connectivity index (χ1) is 14.6. The standard InChI is InChI=1S/C21H20ClN5OS2/c1-15-6-7-18(10-19(15)22)27-14-25-26-21(27)30-13-20(28)24-8-9-29-12-17-5-3-2-4-16(17)11-23/h2-7,10,14H,8-9,12-13H2,1H3,(H,24,28). The number of nitrogens with zero attached hydrogens (tertiary/aromatic N) is 4. The van der Waals surface area contributed by atoms with E-state index in [4.69, 9.17) is 16.9 Å². The molecule has 1 heterocycles. The number of hydrogen-bond donors (Lipinski definition) is 1. The Morgan fingerprint density at radius 1 is 1.30 bits per heavy atom. The molecule has 6 nitrogen and oxygen atoms in total.